The molecule has 0 fully saturated rings. The summed E-state index contributed by atoms with van der Waals surface area (Å²) in [6, 6.07) is 4.74. The minimum absolute atomic E-state index is 0.242. The Morgan fingerprint density at radius 1 is 1.12 bits per heavy atom. The second-order valence-corrected chi connectivity index (χ2v) is 6.08. The molecule has 2 atom stereocenters. The highest BCUT2D eigenvalue weighted by atomic mass is 79.9. The number of benzene rings is 1. The van der Waals surface area contributed by atoms with Gasteiger partial charge in [0.25, 0.3) is 11.1 Å². The van der Waals surface area contributed by atoms with Crippen molar-refractivity contribution in [2.75, 3.05) is 19.5 Å². The molecular formula is C16H17BrCl2O6. The van der Waals surface area contributed by atoms with Gasteiger partial charge in [0.05, 0.1) is 14.2 Å². The number of carbonyl (C=O) groups is 2. The van der Waals surface area contributed by atoms with E-state index < -0.39 is 23.1 Å². The van der Waals surface area contributed by atoms with E-state index >= 15 is 0 Å². The van der Waals surface area contributed by atoms with Crippen molar-refractivity contribution in [3.8, 4) is 11.5 Å². The SMILES string of the molecule is COC(=O)C(Cl)Oc1ccc(/C=C/CCBr)c(OC(Cl)C(=O)OC)c1. The van der Waals surface area contributed by atoms with Crippen LogP contribution >= 0.6 is 39.1 Å². The van der Waals surface area contributed by atoms with Crippen molar-refractivity contribution in [1.29, 1.82) is 0 Å². The van der Waals surface area contributed by atoms with Gasteiger partial charge >= 0.3 is 11.9 Å². The van der Waals surface area contributed by atoms with Gasteiger partial charge in [-0.3, -0.25) is 0 Å². The molecule has 0 radical (unpaired) electrons. The fourth-order valence-electron chi connectivity index (χ4n) is 1.61. The number of hydrogen-bond donors (Lipinski definition) is 0. The highest BCUT2D eigenvalue weighted by Crippen LogP contribution is 2.29. The Hall–Kier alpha value is -1.44. The lowest BCUT2D eigenvalue weighted by molar-refractivity contribution is -0.145. The zero-order chi connectivity index (χ0) is 18.8. The Bertz CT molecular complexity index is 623. The molecule has 0 aliphatic rings. The molecule has 0 aliphatic heterocycles. The van der Waals surface area contributed by atoms with E-state index in [1.165, 1.54) is 20.3 Å². The normalized spacial score (nSPS) is 13.2. The second kappa shape index (κ2) is 11.2. The summed E-state index contributed by atoms with van der Waals surface area (Å²) in [5, 5.41) is 0.800. The molecular weight excluding hydrogens is 439 g/mol. The standard InChI is InChI=1S/C16H17BrCl2O6/c1-22-15(20)13(18)24-11-7-6-10(5-3-4-8-17)12(9-11)25-14(19)16(21)23-2/h3,5-7,9,13-14H,4,8H2,1-2H3/b5-3+. The summed E-state index contributed by atoms with van der Waals surface area (Å²) in [4.78, 5) is 22.8. The molecule has 25 heavy (non-hydrogen) atoms. The van der Waals surface area contributed by atoms with Crippen molar-refractivity contribution in [1.82, 2.24) is 0 Å². The largest absolute Gasteiger partial charge is 0.465 e. The molecule has 0 N–H and O–H groups in total. The van der Waals surface area contributed by atoms with E-state index in [0.29, 0.717) is 5.56 Å². The number of carbonyl (C=O) groups excluding carboxylic acids is 2. The minimum atomic E-state index is -1.34. The molecule has 1 rings (SSSR count). The van der Waals surface area contributed by atoms with Gasteiger partial charge in [-0.05, 0) is 18.6 Å². The summed E-state index contributed by atoms with van der Waals surface area (Å²) in [6.45, 7) is 0. The van der Waals surface area contributed by atoms with Gasteiger partial charge in [0.15, 0.2) is 0 Å². The van der Waals surface area contributed by atoms with Crippen LogP contribution in [0.5, 0.6) is 11.5 Å². The molecule has 138 valence electrons. The first kappa shape index (κ1) is 21.6. The van der Waals surface area contributed by atoms with Crippen LogP contribution in [0.4, 0.5) is 0 Å². The van der Waals surface area contributed by atoms with Crippen LogP contribution in [0.25, 0.3) is 6.08 Å². The number of ether oxygens (including phenoxy) is 4. The van der Waals surface area contributed by atoms with Crippen molar-refractivity contribution in [3.63, 3.8) is 0 Å². The van der Waals surface area contributed by atoms with E-state index in [1.807, 2.05) is 6.08 Å². The first-order valence-corrected chi connectivity index (χ1v) is 9.06. The van der Waals surface area contributed by atoms with Gasteiger partial charge in [-0.15, -0.1) is 0 Å². The van der Waals surface area contributed by atoms with Gasteiger partial charge in [0.1, 0.15) is 11.5 Å². The average Bonchev–Trinajstić information content (AvgIpc) is 2.61. The summed E-state index contributed by atoms with van der Waals surface area (Å²) < 4.78 is 19.7. The third kappa shape index (κ3) is 7.13. The van der Waals surface area contributed by atoms with E-state index in [1.54, 1.807) is 18.2 Å². The minimum Gasteiger partial charge on any atom is -0.465 e. The van der Waals surface area contributed by atoms with E-state index in [2.05, 4.69) is 25.4 Å². The maximum absolute atomic E-state index is 11.5. The monoisotopic (exact) mass is 454 g/mol. The van der Waals surface area contributed by atoms with Gasteiger partial charge < -0.3 is 18.9 Å². The molecule has 1 aromatic rings. The van der Waals surface area contributed by atoms with E-state index in [9.17, 15) is 9.59 Å². The number of alkyl halides is 3. The maximum atomic E-state index is 11.5. The highest BCUT2D eigenvalue weighted by molar-refractivity contribution is 9.09. The van der Waals surface area contributed by atoms with Gasteiger partial charge in [-0.1, -0.05) is 51.3 Å². The van der Waals surface area contributed by atoms with Crippen LogP contribution < -0.4 is 9.47 Å². The smallest absolute Gasteiger partial charge is 0.363 e. The third-order valence-corrected chi connectivity index (χ3v) is 3.79. The predicted molar refractivity (Wildman–Crippen MR) is 98.5 cm³/mol. The Balaban J connectivity index is 3.05. The molecule has 0 aromatic heterocycles. The van der Waals surface area contributed by atoms with Crippen molar-refractivity contribution in [3.05, 3.63) is 29.8 Å². The lowest BCUT2D eigenvalue weighted by atomic mass is 10.1. The zero-order valence-electron chi connectivity index (χ0n) is 13.5. The molecule has 0 spiro atoms. The van der Waals surface area contributed by atoms with E-state index in [0.717, 1.165) is 11.8 Å². The van der Waals surface area contributed by atoms with Crippen molar-refractivity contribution >= 4 is 57.1 Å². The van der Waals surface area contributed by atoms with Crippen LogP contribution in [0, 0.1) is 0 Å². The maximum Gasteiger partial charge on any atom is 0.363 e. The Morgan fingerprint density at radius 3 is 2.28 bits per heavy atom. The quantitative estimate of drug-likeness (QED) is 0.417. The van der Waals surface area contributed by atoms with Gasteiger partial charge in [-0.2, -0.15) is 0 Å². The highest BCUT2D eigenvalue weighted by Gasteiger charge is 2.21. The van der Waals surface area contributed by atoms with Crippen LogP contribution in [0.2, 0.25) is 0 Å². The first-order valence-electron chi connectivity index (χ1n) is 7.06. The van der Waals surface area contributed by atoms with Crippen molar-refractivity contribution in [2.24, 2.45) is 0 Å². The molecule has 0 saturated heterocycles. The van der Waals surface area contributed by atoms with Gasteiger partial charge in [0, 0.05) is 17.0 Å². The summed E-state index contributed by atoms with van der Waals surface area (Å²) in [5.41, 5.74) is -2.00. The van der Waals surface area contributed by atoms with Crippen LogP contribution in [0.15, 0.2) is 24.3 Å². The molecule has 1 aromatic carbocycles. The van der Waals surface area contributed by atoms with Gasteiger partial charge in [0.2, 0.25) is 0 Å². The zero-order valence-corrected chi connectivity index (χ0v) is 16.6. The summed E-state index contributed by atoms with van der Waals surface area (Å²) in [7, 11) is 2.40. The van der Waals surface area contributed by atoms with Crippen LogP contribution in [-0.2, 0) is 19.1 Å². The Morgan fingerprint density at radius 2 is 1.72 bits per heavy atom. The number of allylic oxidation sites excluding steroid dienone is 1. The number of rotatable bonds is 9. The van der Waals surface area contributed by atoms with E-state index in [4.69, 9.17) is 32.7 Å². The molecule has 0 bridgehead atoms. The number of esters is 2. The number of halogens is 3. The first-order chi connectivity index (χ1) is 11.9. The number of methoxy groups -OCH3 is 2. The van der Waals surface area contributed by atoms with Crippen molar-refractivity contribution < 1.29 is 28.5 Å². The lowest BCUT2D eigenvalue weighted by Crippen LogP contribution is -2.23. The summed E-state index contributed by atoms with van der Waals surface area (Å²) in [6.07, 6.45) is 4.52. The molecule has 6 nitrogen and oxygen atoms in total. The lowest BCUT2D eigenvalue weighted by Gasteiger charge is -2.16. The molecule has 0 heterocycles. The Labute approximate surface area is 164 Å². The topological polar surface area (TPSA) is 71.1 Å². The average molecular weight is 456 g/mol. The predicted octanol–water partition coefficient (Wildman–Crippen LogP) is 3.72. The second-order valence-electron chi connectivity index (χ2n) is 4.49. The van der Waals surface area contributed by atoms with Gasteiger partial charge in [-0.25, -0.2) is 9.59 Å². The van der Waals surface area contributed by atoms with Crippen LogP contribution in [-0.4, -0.2) is 42.6 Å². The molecule has 0 saturated carbocycles. The fourth-order valence-corrected chi connectivity index (χ4v) is 2.25. The van der Waals surface area contributed by atoms with E-state index in [-0.39, 0.29) is 11.5 Å². The summed E-state index contributed by atoms with van der Waals surface area (Å²) in [5.74, 6) is -0.974. The number of hydrogen-bond acceptors (Lipinski definition) is 6. The molecule has 0 amide bonds. The third-order valence-electron chi connectivity index (χ3n) is 2.80. The summed E-state index contributed by atoms with van der Waals surface area (Å²) >= 11 is 15.0. The fraction of sp³-hybridized carbons (Fsp3) is 0.375. The molecule has 0 aliphatic carbocycles. The molecule has 2 unspecified atom stereocenters. The van der Waals surface area contributed by atoms with Crippen molar-refractivity contribution in [2.45, 2.75) is 17.5 Å². The molecule has 9 heteroatoms. The van der Waals surface area contributed by atoms with Crippen LogP contribution in [0.1, 0.15) is 12.0 Å². The van der Waals surface area contributed by atoms with Crippen LogP contribution in [0.3, 0.4) is 0 Å². The Kier molecular flexibility index (Phi) is 9.70.